The normalized spacial score (nSPS) is 16.0. The van der Waals surface area contributed by atoms with Crippen molar-refractivity contribution in [1.82, 2.24) is 24.4 Å². The van der Waals surface area contributed by atoms with Crippen LogP contribution in [0.25, 0.3) is 5.65 Å². The summed E-state index contributed by atoms with van der Waals surface area (Å²) in [4.78, 5) is 17.3. The number of hydrogen-bond acceptors (Lipinski definition) is 4. The van der Waals surface area contributed by atoms with Crippen LogP contribution < -0.4 is 0 Å². The van der Waals surface area contributed by atoms with Gasteiger partial charge >= 0.3 is 0 Å². The molecular weight excluding hydrogens is 326 g/mol. The topological polar surface area (TPSA) is 53.7 Å². The SMILES string of the molecule is CN(C(=O)c1cccc2nncn12)C1CCN(Cc2ccccc2)CC1. The van der Waals surface area contributed by atoms with E-state index in [0.717, 1.165) is 32.5 Å². The average Bonchev–Trinajstić information content (AvgIpc) is 3.17. The second-order valence-corrected chi connectivity index (χ2v) is 6.88. The van der Waals surface area contributed by atoms with Crippen molar-refractivity contribution in [2.24, 2.45) is 0 Å². The number of carbonyl (C=O) groups is 1. The minimum atomic E-state index is 0.0249. The first kappa shape index (κ1) is 16.7. The molecule has 134 valence electrons. The number of carbonyl (C=O) groups excluding carboxylic acids is 1. The van der Waals surface area contributed by atoms with Gasteiger partial charge in [0.1, 0.15) is 12.0 Å². The molecule has 1 aromatic carbocycles. The van der Waals surface area contributed by atoms with Crippen molar-refractivity contribution in [2.75, 3.05) is 20.1 Å². The Morgan fingerprint density at radius 2 is 1.88 bits per heavy atom. The molecule has 2 aromatic heterocycles. The van der Waals surface area contributed by atoms with Crippen molar-refractivity contribution in [3.63, 3.8) is 0 Å². The van der Waals surface area contributed by atoms with Crippen LogP contribution in [-0.4, -0.2) is 56.5 Å². The molecule has 1 fully saturated rings. The van der Waals surface area contributed by atoms with Crippen LogP contribution in [0.15, 0.2) is 54.9 Å². The van der Waals surface area contributed by atoms with Gasteiger partial charge in [0.2, 0.25) is 0 Å². The van der Waals surface area contributed by atoms with Crippen molar-refractivity contribution in [2.45, 2.75) is 25.4 Å². The Kier molecular flexibility index (Phi) is 4.67. The van der Waals surface area contributed by atoms with Gasteiger partial charge < -0.3 is 4.90 Å². The summed E-state index contributed by atoms with van der Waals surface area (Å²) in [5.41, 5.74) is 2.65. The lowest BCUT2D eigenvalue weighted by Crippen LogP contribution is -2.45. The van der Waals surface area contributed by atoms with Gasteiger partial charge in [0.25, 0.3) is 5.91 Å². The summed E-state index contributed by atoms with van der Waals surface area (Å²) in [6.07, 6.45) is 3.58. The zero-order valence-corrected chi connectivity index (χ0v) is 15.0. The second-order valence-electron chi connectivity index (χ2n) is 6.88. The summed E-state index contributed by atoms with van der Waals surface area (Å²) in [6.45, 7) is 2.99. The van der Waals surface area contributed by atoms with E-state index in [9.17, 15) is 4.79 Å². The minimum Gasteiger partial charge on any atom is -0.337 e. The Morgan fingerprint density at radius 1 is 1.12 bits per heavy atom. The number of likely N-dealkylation sites (tertiary alicyclic amines) is 1. The van der Waals surface area contributed by atoms with E-state index >= 15 is 0 Å². The Balaban J connectivity index is 1.39. The van der Waals surface area contributed by atoms with Gasteiger partial charge in [-0.15, -0.1) is 10.2 Å². The number of piperidine rings is 1. The van der Waals surface area contributed by atoms with E-state index in [0.29, 0.717) is 11.3 Å². The molecule has 1 saturated heterocycles. The van der Waals surface area contributed by atoms with Gasteiger partial charge in [-0.1, -0.05) is 36.4 Å². The smallest absolute Gasteiger partial charge is 0.270 e. The highest BCUT2D eigenvalue weighted by atomic mass is 16.2. The molecule has 0 unspecified atom stereocenters. The Hall–Kier alpha value is -2.73. The first-order valence-electron chi connectivity index (χ1n) is 9.04. The molecule has 1 aliphatic heterocycles. The van der Waals surface area contributed by atoms with Crippen molar-refractivity contribution in [1.29, 1.82) is 0 Å². The number of hydrogen-bond donors (Lipinski definition) is 0. The monoisotopic (exact) mass is 349 g/mol. The molecule has 3 aromatic rings. The lowest BCUT2D eigenvalue weighted by Gasteiger charge is -2.36. The molecule has 0 spiro atoms. The van der Waals surface area contributed by atoms with Crippen molar-refractivity contribution >= 4 is 11.6 Å². The molecule has 0 N–H and O–H groups in total. The summed E-state index contributed by atoms with van der Waals surface area (Å²) < 4.78 is 1.75. The Morgan fingerprint density at radius 3 is 2.65 bits per heavy atom. The molecule has 1 amide bonds. The highest BCUT2D eigenvalue weighted by molar-refractivity contribution is 5.93. The molecule has 0 atom stereocenters. The highest BCUT2D eigenvalue weighted by Crippen LogP contribution is 2.19. The van der Waals surface area contributed by atoms with Gasteiger partial charge in [-0.05, 0) is 30.5 Å². The number of nitrogens with zero attached hydrogens (tertiary/aromatic N) is 5. The first-order valence-corrected chi connectivity index (χ1v) is 9.04. The summed E-state index contributed by atoms with van der Waals surface area (Å²) in [5, 5.41) is 7.92. The lowest BCUT2D eigenvalue weighted by molar-refractivity contribution is 0.0629. The van der Waals surface area contributed by atoms with Crippen LogP contribution in [0.1, 0.15) is 28.9 Å². The molecule has 6 nitrogen and oxygen atoms in total. The van der Waals surface area contributed by atoms with Gasteiger partial charge in [-0.2, -0.15) is 0 Å². The fourth-order valence-electron chi connectivity index (χ4n) is 3.68. The number of benzene rings is 1. The molecule has 0 radical (unpaired) electrons. The predicted molar refractivity (Wildman–Crippen MR) is 99.8 cm³/mol. The van der Waals surface area contributed by atoms with E-state index in [1.165, 1.54) is 5.56 Å². The molecule has 6 heteroatoms. The van der Waals surface area contributed by atoms with E-state index in [4.69, 9.17) is 0 Å². The molecule has 0 bridgehead atoms. The van der Waals surface area contributed by atoms with E-state index in [1.807, 2.05) is 36.2 Å². The third-order valence-electron chi connectivity index (χ3n) is 5.23. The molecule has 4 rings (SSSR count). The molecule has 0 aliphatic carbocycles. The number of aromatic nitrogens is 3. The Labute approximate surface area is 153 Å². The van der Waals surface area contributed by atoms with Crippen LogP contribution in [0.3, 0.4) is 0 Å². The zero-order valence-electron chi connectivity index (χ0n) is 15.0. The summed E-state index contributed by atoms with van der Waals surface area (Å²) >= 11 is 0. The summed E-state index contributed by atoms with van der Waals surface area (Å²) in [6, 6.07) is 16.4. The number of amides is 1. The van der Waals surface area contributed by atoms with Crippen LogP contribution in [0, 0.1) is 0 Å². The summed E-state index contributed by atoms with van der Waals surface area (Å²) in [5.74, 6) is 0.0249. The van der Waals surface area contributed by atoms with Crippen molar-refractivity contribution < 1.29 is 4.79 Å². The molecular formula is C20H23N5O. The number of fused-ring (bicyclic) bond motifs is 1. The standard InChI is InChI=1S/C20H23N5O/c1-23(20(26)18-8-5-9-19-22-21-15-25(18)19)17-10-12-24(13-11-17)14-16-6-3-2-4-7-16/h2-9,15,17H,10-14H2,1H3. The van der Waals surface area contributed by atoms with Gasteiger partial charge in [0.05, 0.1) is 0 Å². The average molecular weight is 349 g/mol. The van der Waals surface area contributed by atoms with E-state index in [2.05, 4.69) is 39.4 Å². The van der Waals surface area contributed by atoms with Crippen LogP contribution in [0.2, 0.25) is 0 Å². The molecule has 0 saturated carbocycles. The molecule has 3 heterocycles. The molecule has 1 aliphatic rings. The van der Waals surface area contributed by atoms with Crippen molar-refractivity contribution in [3.05, 3.63) is 66.1 Å². The van der Waals surface area contributed by atoms with E-state index in [1.54, 1.807) is 10.7 Å². The maximum atomic E-state index is 13.0. The number of pyridine rings is 1. The van der Waals surface area contributed by atoms with Crippen LogP contribution in [0.5, 0.6) is 0 Å². The zero-order chi connectivity index (χ0) is 17.9. The quantitative estimate of drug-likeness (QED) is 0.726. The van der Waals surface area contributed by atoms with E-state index in [-0.39, 0.29) is 11.9 Å². The third-order valence-corrected chi connectivity index (χ3v) is 5.23. The van der Waals surface area contributed by atoms with E-state index < -0.39 is 0 Å². The fraction of sp³-hybridized carbons (Fsp3) is 0.350. The molecule has 26 heavy (non-hydrogen) atoms. The largest absolute Gasteiger partial charge is 0.337 e. The highest BCUT2D eigenvalue weighted by Gasteiger charge is 2.27. The predicted octanol–water partition coefficient (Wildman–Crippen LogP) is 2.47. The van der Waals surface area contributed by atoms with Gasteiger partial charge in [0.15, 0.2) is 5.65 Å². The van der Waals surface area contributed by atoms with Gasteiger partial charge in [0, 0.05) is 32.7 Å². The van der Waals surface area contributed by atoms with Crippen LogP contribution in [-0.2, 0) is 6.54 Å². The summed E-state index contributed by atoms with van der Waals surface area (Å²) in [7, 11) is 1.91. The van der Waals surface area contributed by atoms with Crippen LogP contribution >= 0.6 is 0 Å². The maximum Gasteiger partial charge on any atom is 0.270 e. The van der Waals surface area contributed by atoms with Crippen LogP contribution in [0.4, 0.5) is 0 Å². The maximum absolute atomic E-state index is 13.0. The lowest BCUT2D eigenvalue weighted by atomic mass is 10.0. The Bertz CT molecular complexity index is 883. The number of rotatable bonds is 4. The third kappa shape index (κ3) is 3.32. The second kappa shape index (κ2) is 7.25. The minimum absolute atomic E-state index is 0.0249. The fourth-order valence-corrected chi connectivity index (χ4v) is 3.68. The van der Waals surface area contributed by atoms with Gasteiger partial charge in [-0.25, -0.2) is 0 Å². The van der Waals surface area contributed by atoms with Crippen molar-refractivity contribution in [3.8, 4) is 0 Å². The first-order chi connectivity index (χ1) is 12.7. The van der Waals surface area contributed by atoms with Gasteiger partial charge in [-0.3, -0.25) is 14.1 Å².